The molecule has 0 saturated carbocycles. The molecule has 0 atom stereocenters. The number of aromatic nitrogens is 2. The van der Waals surface area contributed by atoms with Gasteiger partial charge in [0.15, 0.2) is 0 Å². The van der Waals surface area contributed by atoms with E-state index in [-0.39, 0.29) is 12.1 Å². The van der Waals surface area contributed by atoms with Gasteiger partial charge in [0.2, 0.25) is 0 Å². The summed E-state index contributed by atoms with van der Waals surface area (Å²) < 4.78 is 1.48. The topological polar surface area (TPSA) is 83.7 Å². The second-order valence-electron chi connectivity index (χ2n) is 3.48. The van der Waals surface area contributed by atoms with E-state index in [2.05, 4.69) is 15.0 Å². The van der Waals surface area contributed by atoms with E-state index in [1.54, 1.807) is 11.3 Å². The maximum atomic E-state index is 12.0. The Balaban J connectivity index is 2.42. The Morgan fingerprint density at radius 2 is 2.47 bits per heavy atom. The number of nitrogens with zero attached hydrogens (tertiary/aromatic N) is 5. The summed E-state index contributed by atoms with van der Waals surface area (Å²) in [6, 6.07) is 1.89. The zero-order chi connectivity index (χ0) is 12.3. The maximum absolute atomic E-state index is 12.0. The van der Waals surface area contributed by atoms with Crippen molar-refractivity contribution in [3.8, 4) is 0 Å². The average molecular weight is 249 g/mol. The van der Waals surface area contributed by atoms with Crippen molar-refractivity contribution in [1.82, 2.24) is 9.55 Å². The Hall–Kier alpha value is -1.85. The number of azide groups is 1. The van der Waals surface area contributed by atoms with E-state index < -0.39 is 0 Å². The van der Waals surface area contributed by atoms with Crippen molar-refractivity contribution in [3.05, 3.63) is 38.1 Å². The SMILES string of the molecule is CCc1cc2c(=O)n(CCN=[N+]=[N-])cnc2s1. The molecule has 0 spiro atoms. The first-order chi connectivity index (χ1) is 8.26. The summed E-state index contributed by atoms with van der Waals surface area (Å²) in [5, 5.41) is 4.05. The molecule has 2 aromatic heterocycles. The normalized spacial score (nSPS) is 10.4. The molecule has 17 heavy (non-hydrogen) atoms. The Bertz CT molecular complexity index is 638. The van der Waals surface area contributed by atoms with Gasteiger partial charge in [0.05, 0.1) is 11.7 Å². The first kappa shape index (κ1) is 11.6. The lowest BCUT2D eigenvalue weighted by atomic mass is 10.3. The summed E-state index contributed by atoms with van der Waals surface area (Å²) in [5.74, 6) is 0. The molecule has 88 valence electrons. The second kappa shape index (κ2) is 4.99. The lowest BCUT2D eigenvalue weighted by molar-refractivity contribution is 0.672. The van der Waals surface area contributed by atoms with Crippen molar-refractivity contribution in [2.45, 2.75) is 19.9 Å². The van der Waals surface area contributed by atoms with Gasteiger partial charge in [-0.1, -0.05) is 12.0 Å². The molecule has 0 radical (unpaired) electrons. The fourth-order valence-electron chi connectivity index (χ4n) is 1.54. The van der Waals surface area contributed by atoms with E-state index in [0.29, 0.717) is 11.9 Å². The van der Waals surface area contributed by atoms with E-state index in [4.69, 9.17) is 5.53 Å². The molecule has 0 aliphatic heterocycles. The van der Waals surface area contributed by atoms with Crippen LogP contribution >= 0.6 is 11.3 Å². The predicted molar refractivity (Wildman–Crippen MR) is 67.3 cm³/mol. The van der Waals surface area contributed by atoms with Crippen LogP contribution in [0.1, 0.15) is 11.8 Å². The first-order valence-electron chi connectivity index (χ1n) is 5.25. The van der Waals surface area contributed by atoms with Gasteiger partial charge in [0.25, 0.3) is 5.56 Å². The Morgan fingerprint density at radius 3 is 3.18 bits per heavy atom. The highest BCUT2D eigenvalue weighted by molar-refractivity contribution is 7.18. The maximum Gasteiger partial charge on any atom is 0.262 e. The minimum Gasteiger partial charge on any atom is -0.299 e. The van der Waals surface area contributed by atoms with Crippen molar-refractivity contribution in [3.63, 3.8) is 0 Å². The molecule has 0 amide bonds. The quantitative estimate of drug-likeness (QED) is 0.473. The molecule has 2 heterocycles. The molecule has 6 nitrogen and oxygen atoms in total. The van der Waals surface area contributed by atoms with E-state index in [1.165, 1.54) is 10.9 Å². The van der Waals surface area contributed by atoms with Crippen LogP contribution in [0, 0.1) is 0 Å². The van der Waals surface area contributed by atoms with Crippen molar-refractivity contribution in [2.75, 3.05) is 6.54 Å². The summed E-state index contributed by atoms with van der Waals surface area (Å²) in [5.41, 5.74) is 8.11. The summed E-state index contributed by atoms with van der Waals surface area (Å²) >= 11 is 1.54. The van der Waals surface area contributed by atoms with Crippen LogP contribution in [0.5, 0.6) is 0 Å². The van der Waals surface area contributed by atoms with Gasteiger partial charge in [-0.2, -0.15) is 0 Å². The van der Waals surface area contributed by atoms with E-state index in [9.17, 15) is 4.79 Å². The fourth-order valence-corrected chi connectivity index (χ4v) is 2.47. The number of rotatable bonds is 4. The van der Waals surface area contributed by atoms with E-state index in [0.717, 1.165) is 16.1 Å². The molecule has 0 aromatic carbocycles. The average Bonchev–Trinajstić information content (AvgIpc) is 2.76. The van der Waals surface area contributed by atoms with E-state index in [1.807, 2.05) is 13.0 Å². The molecule has 2 aromatic rings. The second-order valence-corrected chi connectivity index (χ2v) is 4.60. The Morgan fingerprint density at radius 1 is 1.65 bits per heavy atom. The fraction of sp³-hybridized carbons (Fsp3) is 0.400. The summed E-state index contributed by atoms with van der Waals surface area (Å²) in [6.07, 6.45) is 2.41. The van der Waals surface area contributed by atoms with Crippen LogP contribution in [-0.2, 0) is 13.0 Å². The lowest BCUT2D eigenvalue weighted by Gasteiger charge is -2.01. The van der Waals surface area contributed by atoms with Gasteiger partial charge >= 0.3 is 0 Å². The molecule has 0 saturated heterocycles. The standard InChI is InChI=1S/C10H11N5OS/c1-2-7-5-8-9(17-7)12-6-15(10(8)16)4-3-13-14-11/h5-6H,2-4H2,1H3. The molecular weight excluding hydrogens is 238 g/mol. The molecule has 2 rings (SSSR count). The van der Waals surface area contributed by atoms with Gasteiger partial charge in [-0.05, 0) is 18.0 Å². The van der Waals surface area contributed by atoms with Crippen molar-refractivity contribution >= 4 is 21.6 Å². The van der Waals surface area contributed by atoms with Crippen LogP contribution in [0.25, 0.3) is 20.7 Å². The molecule has 0 N–H and O–H groups in total. The number of hydrogen-bond donors (Lipinski definition) is 0. The third-order valence-electron chi connectivity index (χ3n) is 2.42. The van der Waals surface area contributed by atoms with Gasteiger partial charge in [-0.3, -0.25) is 9.36 Å². The number of thiophene rings is 1. The van der Waals surface area contributed by atoms with Gasteiger partial charge < -0.3 is 0 Å². The minimum atomic E-state index is -0.0703. The van der Waals surface area contributed by atoms with Crippen LogP contribution in [0.2, 0.25) is 0 Å². The molecule has 7 heteroatoms. The Labute approximate surface area is 101 Å². The summed E-state index contributed by atoms with van der Waals surface area (Å²) in [6.45, 7) is 2.67. The minimum absolute atomic E-state index is 0.0703. The highest BCUT2D eigenvalue weighted by Gasteiger charge is 2.07. The molecular formula is C10H11N5OS. The molecule has 0 fully saturated rings. The van der Waals surface area contributed by atoms with Crippen LogP contribution < -0.4 is 5.56 Å². The Kier molecular flexibility index (Phi) is 3.41. The van der Waals surface area contributed by atoms with Crippen molar-refractivity contribution in [1.29, 1.82) is 0 Å². The molecule has 0 unspecified atom stereocenters. The van der Waals surface area contributed by atoms with Crippen LogP contribution in [0.3, 0.4) is 0 Å². The largest absolute Gasteiger partial charge is 0.299 e. The summed E-state index contributed by atoms with van der Waals surface area (Å²) in [4.78, 5) is 20.9. The van der Waals surface area contributed by atoms with Gasteiger partial charge in [0, 0.05) is 22.9 Å². The molecule has 0 aliphatic rings. The molecule has 0 aliphatic carbocycles. The number of fused-ring (bicyclic) bond motifs is 1. The first-order valence-corrected chi connectivity index (χ1v) is 6.06. The van der Waals surface area contributed by atoms with Crippen LogP contribution in [0.4, 0.5) is 0 Å². The van der Waals surface area contributed by atoms with Gasteiger partial charge in [-0.15, -0.1) is 11.3 Å². The number of aryl methyl sites for hydroxylation is 1. The van der Waals surface area contributed by atoms with Gasteiger partial charge in [0.1, 0.15) is 4.83 Å². The van der Waals surface area contributed by atoms with Crippen LogP contribution in [0.15, 0.2) is 22.3 Å². The lowest BCUT2D eigenvalue weighted by Crippen LogP contribution is -2.21. The smallest absolute Gasteiger partial charge is 0.262 e. The number of hydrogen-bond acceptors (Lipinski definition) is 4. The monoisotopic (exact) mass is 249 g/mol. The predicted octanol–water partition coefficient (Wildman–Crippen LogP) is 2.33. The summed E-state index contributed by atoms with van der Waals surface area (Å²) in [7, 11) is 0. The van der Waals surface area contributed by atoms with E-state index >= 15 is 0 Å². The molecule has 0 bridgehead atoms. The van der Waals surface area contributed by atoms with Crippen molar-refractivity contribution < 1.29 is 0 Å². The third-order valence-corrected chi connectivity index (χ3v) is 3.61. The van der Waals surface area contributed by atoms with Crippen molar-refractivity contribution in [2.24, 2.45) is 5.11 Å². The highest BCUT2D eigenvalue weighted by atomic mass is 32.1. The van der Waals surface area contributed by atoms with Crippen LogP contribution in [-0.4, -0.2) is 16.1 Å². The van der Waals surface area contributed by atoms with Gasteiger partial charge in [-0.25, -0.2) is 4.98 Å². The third kappa shape index (κ3) is 2.30. The highest BCUT2D eigenvalue weighted by Crippen LogP contribution is 2.20. The zero-order valence-electron chi connectivity index (χ0n) is 9.33. The zero-order valence-corrected chi connectivity index (χ0v) is 10.1.